The zero-order valence-electron chi connectivity index (χ0n) is 13.3. The van der Waals surface area contributed by atoms with Crippen LogP contribution in [0, 0.1) is 0 Å². The first-order valence-electron chi connectivity index (χ1n) is 7.53. The van der Waals surface area contributed by atoms with Crippen LogP contribution in [-0.4, -0.2) is 30.5 Å². The van der Waals surface area contributed by atoms with Gasteiger partial charge in [-0.05, 0) is 29.6 Å². The van der Waals surface area contributed by atoms with E-state index in [-0.39, 0.29) is 12.5 Å². The number of benzene rings is 1. The second-order valence-electron chi connectivity index (χ2n) is 5.25. The Kier molecular flexibility index (Phi) is 4.21. The Balaban J connectivity index is 1.77. The maximum absolute atomic E-state index is 11.5. The van der Waals surface area contributed by atoms with Crippen molar-refractivity contribution in [3.63, 3.8) is 0 Å². The van der Waals surface area contributed by atoms with Crippen molar-refractivity contribution in [2.24, 2.45) is 10.1 Å². The standard InChI is InChI=1S/C17H14N4O2S2/c1-18-17-21(19-8-12-3-2-6-24-12)14(10-25-17)11-4-5-15-13(7-11)20-16(22)9-23-15/h2-8,10H,9H2,1H3,(H,20,22)/b18-17?,19-8+. The van der Waals surface area contributed by atoms with Crippen molar-refractivity contribution in [3.8, 4) is 17.0 Å². The fraction of sp³-hybridized carbons (Fsp3) is 0.118. The van der Waals surface area contributed by atoms with Crippen molar-refractivity contribution in [1.82, 2.24) is 4.68 Å². The van der Waals surface area contributed by atoms with E-state index in [1.165, 1.54) is 11.3 Å². The van der Waals surface area contributed by atoms with Crippen molar-refractivity contribution in [2.45, 2.75) is 0 Å². The van der Waals surface area contributed by atoms with Crippen LogP contribution in [0.5, 0.6) is 5.75 Å². The Morgan fingerprint density at radius 3 is 3.04 bits per heavy atom. The predicted octanol–water partition coefficient (Wildman–Crippen LogP) is 3.02. The van der Waals surface area contributed by atoms with Crippen molar-refractivity contribution < 1.29 is 9.53 Å². The fourth-order valence-electron chi connectivity index (χ4n) is 2.48. The summed E-state index contributed by atoms with van der Waals surface area (Å²) in [6.07, 6.45) is 1.82. The molecular formula is C17H14N4O2S2. The van der Waals surface area contributed by atoms with Gasteiger partial charge in [-0.2, -0.15) is 5.10 Å². The number of nitrogens with one attached hydrogen (secondary N) is 1. The van der Waals surface area contributed by atoms with Gasteiger partial charge in [-0.25, -0.2) is 4.68 Å². The average Bonchev–Trinajstić information content (AvgIpc) is 3.28. The van der Waals surface area contributed by atoms with Gasteiger partial charge in [-0.3, -0.25) is 9.79 Å². The molecule has 3 heterocycles. The highest BCUT2D eigenvalue weighted by molar-refractivity contribution is 7.11. The number of hydrogen-bond donors (Lipinski definition) is 1. The average molecular weight is 370 g/mol. The Bertz CT molecular complexity index is 1020. The molecule has 0 unspecified atom stereocenters. The highest BCUT2D eigenvalue weighted by Gasteiger charge is 2.17. The number of thiophene rings is 1. The number of carbonyl (C=O) groups is 1. The highest BCUT2D eigenvalue weighted by atomic mass is 32.1. The number of rotatable bonds is 3. The van der Waals surface area contributed by atoms with E-state index < -0.39 is 0 Å². The molecule has 0 spiro atoms. The normalized spacial score (nSPS) is 14.4. The van der Waals surface area contributed by atoms with E-state index in [9.17, 15) is 4.79 Å². The molecule has 0 atom stereocenters. The molecule has 1 N–H and O–H groups in total. The van der Waals surface area contributed by atoms with Crippen LogP contribution in [0.4, 0.5) is 5.69 Å². The Labute approximate surface area is 151 Å². The molecule has 1 aliphatic rings. The van der Waals surface area contributed by atoms with Gasteiger partial charge in [-0.1, -0.05) is 6.07 Å². The van der Waals surface area contributed by atoms with Gasteiger partial charge in [-0.15, -0.1) is 22.7 Å². The van der Waals surface area contributed by atoms with Gasteiger partial charge >= 0.3 is 0 Å². The molecule has 1 amide bonds. The first kappa shape index (κ1) is 15.8. The highest BCUT2D eigenvalue weighted by Crippen LogP contribution is 2.32. The number of amides is 1. The third kappa shape index (κ3) is 3.13. The lowest BCUT2D eigenvalue weighted by Gasteiger charge is -2.18. The third-order valence-corrected chi connectivity index (χ3v) is 5.34. The number of thiazole rings is 1. The van der Waals surface area contributed by atoms with Crippen LogP contribution in [0.2, 0.25) is 0 Å². The van der Waals surface area contributed by atoms with Gasteiger partial charge in [0.25, 0.3) is 5.91 Å². The summed E-state index contributed by atoms with van der Waals surface area (Å²) in [5.74, 6) is 0.524. The first-order chi connectivity index (χ1) is 12.2. The largest absolute Gasteiger partial charge is 0.482 e. The molecule has 8 heteroatoms. The number of hydrogen-bond acceptors (Lipinski definition) is 6. The molecule has 0 saturated carbocycles. The Morgan fingerprint density at radius 1 is 1.32 bits per heavy atom. The van der Waals surface area contributed by atoms with Crippen molar-refractivity contribution in [1.29, 1.82) is 0 Å². The van der Waals surface area contributed by atoms with Crippen LogP contribution in [-0.2, 0) is 4.79 Å². The molecule has 4 rings (SSSR count). The van der Waals surface area contributed by atoms with Gasteiger partial charge in [0.2, 0.25) is 4.80 Å². The monoisotopic (exact) mass is 370 g/mol. The van der Waals surface area contributed by atoms with E-state index in [4.69, 9.17) is 4.74 Å². The number of nitrogens with zero attached hydrogens (tertiary/aromatic N) is 3. The molecule has 126 valence electrons. The van der Waals surface area contributed by atoms with Crippen LogP contribution in [0.25, 0.3) is 11.3 Å². The van der Waals surface area contributed by atoms with E-state index in [1.54, 1.807) is 23.1 Å². The lowest BCUT2D eigenvalue weighted by molar-refractivity contribution is -0.118. The van der Waals surface area contributed by atoms with Gasteiger partial charge in [0.1, 0.15) is 5.75 Å². The zero-order valence-corrected chi connectivity index (χ0v) is 14.9. The topological polar surface area (TPSA) is 68.0 Å². The molecule has 0 bridgehead atoms. The van der Waals surface area contributed by atoms with Gasteiger partial charge in [0, 0.05) is 22.9 Å². The fourth-order valence-corrected chi connectivity index (χ4v) is 3.87. The predicted molar refractivity (Wildman–Crippen MR) is 101 cm³/mol. The number of anilines is 1. The molecule has 1 aromatic carbocycles. The maximum Gasteiger partial charge on any atom is 0.262 e. The SMILES string of the molecule is CN=c1scc(-c2ccc3c(c2)NC(=O)CO3)n1/N=C/c1cccs1. The van der Waals surface area contributed by atoms with Crippen molar-refractivity contribution >= 4 is 40.5 Å². The van der Waals surface area contributed by atoms with Crippen LogP contribution in [0.15, 0.2) is 51.2 Å². The van der Waals surface area contributed by atoms with Gasteiger partial charge in [0.15, 0.2) is 6.61 Å². The molecule has 1 aliphatic heterocycles. The molecule has 0 radical (unpaired) electrons. The molecule has 0 fully saturated rings. The molecule has 2 aromatic heterocycles. The maximum atomic E-state index is 11.5. The Morgan fingerprint density at radius 2 is 2.24 bits per heavy atom. The van der Waals surface area contributed by atoms with Gasteiger partial charge in [0.05, 0.1) is 17.6 Å². The summed E-state index contributed by atoms with van der Waals surface area (Å²) in [5, 5.41) is 11.4. The third-order valence-electron chi connectivity index (χ3n) is 3.63. The van der Waals surface area contributed by atoms with Crippen LogP contribution in [0.3, 0.4) is 0 Å². The molecule has 3 aromatic rings. The summed E-state index contributed by atoms with van der Waals surface area (Å²) in [4.78, 5) is 17.7. The second-order valence-corrected chi connectivity index (χ2v) is 7.06. The quantitative estimate of drug-likeness (QED) is 0.720. The van der Waals surface area contributed by atoms with E-state index in [1.807, 2.05) is 47.3 Å². The minimum absolute atomic E-state index is 0.0504. The van der Waals surface area contributed by atoms with E-state index in [0.29, 0.717) is 11.4 Å². The Hall–Kier alpha value is -2.71. The number of carbonyl (C=O) groups excluding carboxylic acids is 1. The molecule has 0 saturated heterocycles. The van der Waals surface area contributed by atoms with E-state index in [0.717, 1.165) is 20.9 Å². The summed E-state index contributed by atoms with van der Waals surface area (Å²) >= 11 is 3.14. The summed E-state index contributed by atoms with van der Waals surface area (Å²) < 4.78 is 7.22. The molecule has 0 aliphatic carbocycles. The molecule has 25 heavy (non-hydrogen) atoms. The van der Waals surface area contributed by atoms with E-state index >= 15 is 0 Å². The minimum Gasteiger partial charge on any atom is -0.482 e. The lowest BCUT2D eigenvalue weighted by Crippen LogP contribution is -2.25. The smallest absolute Gasteiger partial charge is 0.262 e. The first-order valence-corrected chi connectivity index (χ1v) is 9.29. The van der Waals surface area contributed by atoms with Crippen LogP contribution >= 0.6 is 22.7 Å². The van der Waals surface area contributed by atoms with Crippen molar-refractivity contribution in [3.05, 3.63) is 50.8 Å². The summed E-state index contributed by atoms with van der Waals surface area (Å²) in [6.45, 7) is 0.0504. The van der Waals surface area contributed by atoms with E-state index in [2.05, 4.69) is 15.4 Å². The summed E-state index contributed by atoms with van der Waals surface area (Å²) in [6, 6.07) is 9.70. The summed E-state index contributed by atoms with van der Waals surface area (Å²) in [7, 11) is 1.74. The summed E-state index contributed by atoms with van der Waals surface area (Å²) in [5.41, 5.74) is 2.50. The van der Waals surface area contributed by atoms with Crippen LogP contribution in [0.1, 0.15) is 4.88 Å². The number of ether oxygens (including phenoxy) is 1. The lowest BCUT2D eigenvalue weighted by atomic mass is 10.1. The van der Waals surface area contributed by atoms with Gasteiger partial charge < -0.3 is 10.1 Å². The van der Waals surface area contributed by atoms with Crippen LogP contribution < -0.4 is 14.9 Å². The number of fused-ring (bicyclic) bond motifs is 1. The second kappa shape index (κ2) is 6.66. The molecule has 6 nitrogen and oxygen atoms in total. The minimum atomic E-state index is -0.150. The zero-order chi connectivity index (χ0) is 17.2. The number of aromatic nitrogens is 1. The molecular weight excluding hydrogens is 356 g/mol. The van der Waals surface area contributed by atoms with Crippen molar-refractivity contribution in [2.75, 3.05) is 19.0 Å².